The molecule has 2 aromatic carbocycles. The monoisotopic (exact) mass is 310 g/mol. The summed E-state index contributed by atoms with van der Waals surface area (Å²) in [6.07, 6.45) is 0.865. The van der Waals surface area contributed by atoms with E-state index in [9.17, 15) is 4.79 Å². The summed E-state index contributed by atoms with van der Waals surface area (Å²) in [4.78, 5) is 14.4. The van der Waals surface area contributed by atoms with Crippen LogP contribution in [0.4, 0.5) is 0 Å². The number of methoxy groups -OCH3 is 1. The van der Waals surface area contributed by atoms with Gasteiger partial charge in [0.25, 0.3) is 0 Å². The van der Waals surface area contributed by atoms with Crippen molar-refractivity contribution in [2.75, 3.05) is 20.2 Å². The van der Waals surface area contributed by atoms with Crippen LogP contribution in [0.25, 0.3) is 0 Å². The Morgan fingerprint density at radius 1 is 1.13 bits per heavy atom. The molecule has 1 heterocycles. The fourth-order valence-corrected chi connectivity index (χ4v) is 3.01. The van der Waals surface area contributed by atoms with E-state index >= 15 is 0 Å². The van der Waals surface area contributed by atoms with Crippen LogP contribution in [0.3, 0.4) is 0 Å². The topological polar surface area (TPSA) is 41.6 Å². The maximum atomic E-state index is 12.4. The lowest BCUT2D eigenvalue weighted by molar-refractivity contribution is -0.135. The standard InChI is InChI=1S/C19H22N2O2/c1-23-18-9-5-8-16(11-18)14-21-17(12-20-13-19(21)22)10-15-6-3-2-4-7-15/h2-9,11,17,20H,10,12-14H2,1H3/t17-/m0/s1. The van der Waals surface area contributed by atoms with Crippen molar-refractivity contribution in [3.63, 3.8) is 0 Å². The van der Waals surface area contributed by atoms with E-state index in [2.05, 4.69) is 17.4 Å². The first-order valence-electron chi connectivity index (χ1n) is 7.93. The van der Waals surface area contributed by atoms with E-state index in [1.165, 1.54) is 5.56 Å². The highest BCUT2D eigenvalue weighted by Gasteiger charge is 2.27. The highest BCUT2D eigenvalue weighted by molar-refractivity contribution is 5.79. The summed E-state index contributed by atoms with van der Waals surface area (Å²) in [5, 5.41) is 3.23. The van der Waals surface area contributed by atoms with Gasteiger partial charge < -0.3 is 15.0 Å². The van der Waals surface area contributed by atoms with Crippen molar-refractivity contribution in [3.8, 4) is 5.75 Å². The van der Waals surface area contributed by atoms with Gasteiger partial charge in [-0.15, -0.1) is 0 Å². The van der Waals surface area contributed by atoms with E-state index in [-0.39, 0.29) is 11.9 Å². The van der Waals surface area contributed by atoms with Crippen molar-refractivity contribution in [3.05, 3.63) is 65.7 Å². The Morgan fingerprint density at radius 3 is 2.70 bits per heavy atom. The van der Waals surface area contributed by atoms with Crippen LogP contribution in [-0.2, 0) is 17.8 Å². The highest BCUT2D eigenvalue weighted by atomic mass is 16.5. The largest absolute Gasteiger partial charge is 0.497 e. The summed E-state index contributed by atoms with van der Waals surface area (Å²) >= 11 is 0. The molecule has 120 valence electrons. The molecule has 1 atom stereocenters. The molecule has 1 fully saturated rings. The Morgan fingerprint density at radius 2 is 1.91 bits per heavy atom. The molecular weight excluding hydrogens is 288 g/mol. The first kappa shape index (κ1) is 15.6. The van der Waals surface area contributed by atoms with Gasteiger partial charge in [-0.1, -0.05) is 42.5 Å². The van der Waals surface area contributed by atoms with Gasteiger partial charge in [-0.25, -0.2) is 0 Å². The summed E-state index contributed by atoms with van der Waals surface area (Å²) in [7, 11) is 1.66. The number of carbonyl (C=O) groups is 1. The van der Waals surface area contributed by atoms with Crippen molar-refractivity contribution in [2.24, 2.45) is 0 Å². The Kier molecular flexibility index (Phi) is 4.93. The van der Waals surface area contributed by atoms with Gasteiger partial charge >= 0.3 is 0 Å². The minimum Gasteiger partial charge on any atom is -0.497 e. The van der Waals surface area contributed by atoms with E-state index in [4.69, 9.17) is 4.74 Å². The number of hydrogen-bond donors (Lipinski definition) is 1. The molecule has 0 radical (unpaired) electrons. The van der Waals surface area contributed by atoms with Gasteiger partial charge in [-0.05, 0) is 29.7 Å². The van der Waals surface area contributed by atoms with E-state index in [0.29, 0.717) is 13.1 Å². The number of carbonyl (C=O) groups excluding carboxylic acids is 1. The fourth-order valence-electron chi connectivity index (χ4n) is 3.01. The smallest absolute Gasteiger partial charge is 0.237 e. The lowest BCUT2D eigenvalue weighted by Crippen LogP contribution is -2.55. The molecule has 1 aliphatic heterocycles. The third kappa shape index (κ3) is 3.90. The van der Waals surface area contributed by atoms with E-state index in [1.54, 1.807) is 7.11 Å². The predicted octanol–water partition coefficient (Wildman–Crippen LogP) is 2.24. The fraction of sp³-hybridized carbons (Fsp3) is 0.316. The lowest BCUT2D eigenvalue weighted by atomic mass is 10.0. The number of nitrogens with zero attached hydrogens (tertiary/aromatic N) is 1. The van der Waals surface area contributed by atoms with Crippen molar-refractivity contribution >= 4 is 5.91 Å². The van der Waals surface area contributed by atoms with Crippen molar-refractivity contribution in [1.82, 2.24) is 10.2 Å². The molecule has 2 aromatic rings. The normalized spacial score (nSPS) is 18.0. The molecule has 0 spiro atoms. The summed E-state index contributed by atoms with van der Waals surface area (Å²) in [5.74, 6) is 0.977. The van der Waals surface area contributed by atoms with Crippen LogP contribution >= 0.6 is 0 Å². The maximum absolute atomic E-state index is 12.4. The van der Waals surface area contributed by atoms with Crippen LogP contribution in [0, 0.1) is 0 Å². The zero-order chi connectivity index (χ0) is 16.1. The van der Waals surface area contributed by atoms with E-state index < -0.39 is 0 Å². The molecule has 4 heteroatoms. The van der Waals surface area contributed by atoms with Crippen molar-refractivity contribution < 1.29 is 9.53 Å². The zero-order valence-electron chi connectivity index (χ0n) is 13.4. The molecule has 1 saturated heterocycles. The summed E-state index contributed by atoms with van der Waals surface area (Å²) in [5.41, 5.74) is 2.35. The average molecular weight is 310 g/mol. The number of hydrogen-bond acceptors (Lipinski definition) is 3. The Balaban J connectivity index is 1.76. The maximum Gasteiger partial charge on any atom is 0.237 e. The van der Waals surface area contributed by atoms with Crippen LogP contribution in [0.5, 0.6) is 5.75 Å². The molecule has 0 unspecified atom stereocenters. The Bertz CT molecular complexity index is 657. The number of ether oxygens (including phenoxy) is 1. The van der Waals surface area contributed by atoms with Crippen molar-refractivity contribution in [2.45, 2.75) is 19.0 Å². The number of rotatable bonds is 5. The average Bonchev–Trinajstić information content (AvgIpc) is 2.59. The number of nitrogens with one attached hydrogen (secondary N) is 1. The van der Waals surface area contributed by atoms with Gasteiger partial charge in [-0.3, -0.25) is 4.79 Å². The first-order valence-corrected chi connectivity index (χ1v) is 7.93. The zero-order valence-corrected chi connectivity index (χ0v) is 13.4. The summed E-state index contributed by atoms with van der Waals surface area (Å²) in [6.45, 7) is 1.86. The molecule has 1 N–H and O–H groups in total. The third-order valence-electron chi connectivity index (χ3n) is 4.22. The Labute approximate surface area is 137 Å². The van der Waals surface area contributed by atoms with Crippen LogP contribution < -0.4 is 10.1 Å². The molecule has 3 rings (SSSR count). The third-order valence-corrected chi connectivity index (χ3v) is 4.22. The van der Waals surface area contributed by atoms with Gasteiger partial charge in [-0.2, -0.15) is 0 Å². The van der Waals surface area contributed by atoms with Crippen LogP contribution in [-0.4, -0.2) is 37.0 Å². The van der Waals surface area contributed by atoms with Crippen LogP contribution in [0.1, 0.15) is 11.1 Å². The van der Waals surface area contributed by atoms with Gasteiger partial charge in [0.05, 0.1) is 13.7 Å². The molecular formula is C19H22N2O2. The second-order valence-electron chi connectivity index (χ2n) is 5.85. The minimum atomic E-state index is 0.153. The van der Waals surface area contributed by atoms with Crippen LogP contribution in [0.15, 0.2) is 54.6 Å². The number of piperazine rings is 1. The summed E-state index contributed by atoms with van der Waals surface area (Å²) < 4.78 is 5.28. The quantitative estimate of drug-likeness (QED) is 0.921. The number of benzene rings is 2. The predicted molar refractivity (Wildman–Crippen MR) is 90.3 cm³/mol. The lowest BCUT2D eigenvalue weighted by Gasteiger charge is -2.36. The summed E-state index contributed by atoms with van der Waals surface area (Å²) in [6, 6.07) is 18.4. The van der Waals surface area contributed by atoms with Gasteiger partial charge in [0.15, 0.2) is 0 Å². The molecule has 1 amide bonds. The second kappa shape index (κ2) is 7.29. The SMILES string of the molecule is COc1cccc(CN2C(=O)CNC[C@@H]2Cc2ccccc2)c1. The molecule has 4 nitrogen and oxygen atoms in total. The second-order valence-corrected chi connectivity index (χ2v) is 5.85. The van der Waals surface area contributed by atoms with E-state index in [0.717, 1.165) is 24.3 Å². The molecule has 0 bridgehead atoms. The highest BCUT2D eigenvalue weighted by Crippen LogP contribution is 2.18. The molecule has 0 aromatic heterocycles. The molecule has 0 aliphatic carbocycles. The number of amides is 1. The van der Waals surface area contributed by atoms with Gasteiger partial charge in [0.1, 0.15) is 5.75 Å². The molecule has 1 aliphatic rings. The van der Waals surface area contributed by atoms with Crippen LogP contribution in [0.2, 0.25) is 0 Å². The van der Waals surface area contributed by atoms with Gasteiger partial charge in [0.2, 0.25) is 5.91 Å². The minimum absolute atomic E-state index is 0.153. The van der Waals surface area contributed by atoms with Crippen molar-refractivity contribution in [1.29, 1.82) is 0 Å². The molecule has 0 saturated carbocycles. The first-order chi connectivity index (χ1) is 11.3. The Hall–Kier alpha value is -2.33. The van der Waals surface area contributed by atoms with Gasteiger partial charge in [0, 0.05) is 19.1 Å². The molecule has 23 heavy (non-hydrogen) atoms. The van der Waals surface area contributed by atoms with E-state index in [1.807, 2.05) is 47.4 Å².